The highest BCUT2D eigenvalue weighted by Crippen LogP contribution is 2.20. The Kier molecular flexibility index (Phi) is 3.77. The van der Waals surface area contributed by atoms with Gasteiger partial charge in [0.2, 0.25) is 0 Å². The van der Waals surface area contributed by atoms with Crippen LogP contribution in [0, 0.1) is 11.6 Å². The first kappa shape index (κ1) is 13.0. The van der Waals surface area contributed by atoms with E-state index in [-0.39, 0.29) is 0 Å². The molecule has 0 spiro atoms. The lowest BCUT2D eigenvalue weighted by Gasteiger charge is -2.46. The van der Waals surface area contributed by atoms with Gasteiger partial charge in [-0.25, -0.2) is 8.78 Å². The van der Waals surface area contributed by atoms with Gasteiger partial charge < -0.3 is 4.74 Å². The molecule has 0 N–H and O–H groups in total. The number of hydrogen-bond acceptors (Lipinski definition) is 3. The lowest BCUT2D eigenvalue weighted by molar-refractivity contribution is -0.0346. The molecule has 0 amide bonds. The molecule has 2 fully saturated rings. The first-order chi connectivity index (χ1) is 9.22. The summed E-state index contributed by atoms with van der Waals surface area (Å²) in [6.07, 6.45) is 0. The average Bonchev–Trinajstić information content (AvgIpc) is 2.36. The zero-order chi connectivity index (χ0) is 13.2. The van der Waals surface area contributed by atoms with E-state index in [1.54, 1.807) is 0 Å². The topological polar surface area (TPSA) is 15.7 Å². The van der Waals surface area contributed by atoms with Crippen molar-refractivity contribution in [3.63, 3.8) is 0 Å². The minimum atomic E-state index is -0.518. The van der Waals surface area contributed by atoms with Crippen LogP contribution in [0.3, 0.4) is 0 Å². The fourth-order valence-corrected chi connectivity index (χ4v) is 2.74. The van der Waals surface area contributed by atoms with Crippen molar-refractivity contribution in [3.05, 3.63) is 35.4 Å². The zero-order valence-corrected chi connectivity index (χ0v) is 10.8. The molecule has 2 heterocycles. The van der Waals surface area contributed by atoms with Crippen molar-refractivity contribution in [1.82, 2.24) is 9.80 Å². The number of halogens is 2. The Bertz CT molecular complexity index is 443. The monoisotopic (exact) mass is 268 g/mol. The van der Waals surface area contributed by atoms with Crippen molar-refractivity contribution in [1.29, 1.82) is 0 Å². The summed E-state index contributed by atoms with van der Waals surface area (Å²) in [6.45, 7) is 6.07. The fourth-order valence-electron chi connectivity index (χ4n) is 2.74. The predicted molar refractivity (Wildman–Crippen MR) is 67.8 cm³/mol. The van der Waals surface area contributed by atoms with Gasteiger partial charge in [-0.15, -0.1) is 0 Å². The van der Waals surface area contributed by atoms with E-state index in [9.17, 15) is 8.78 Å². The summed E-state index contributed by atoms with van der Waals surface area (Å²) in [5, 5.41) is 0. The molecule has 2 aliphatic heterocycles. The second-order valence-electron chi connectivity index (χ2n) is 5.23. The van der Waals surface area contributed by atoms with Gasteiger partial charge in [-0.2, -0.15) is 0 Å². The molecule has 2 aliphatic rings. The van der Waals surface area contributed by atoms with Crippen LogP contribution >= 0.6 is 0 Å². The molecular weight excluding hydrogens is 250 g/mol. The number of nitrogens with zero attached hydrogens (tertiary/aromatic N) is 2. The van der Waals surface area contributed by atoms with Gasteiger partial charge in [-0.1, -0.05) is 6.07 Å². The fraction of sp³-hybridized carbons (Fsp3) is 0.571. The Morgan fingerprint density at radius 1 is 1.16 bits per heavy atom. The Balaban J connectivity index is 1.50. The Morgan fingerprint density at radius 2 is 1.89 bits per heavy atom. The van der Waals surface area contributed by atoms with E-state index in [2.05, 4.69) is 9.80 Å². The van der Waals surface area contributed by atoms with E-state index >= 15 is 0 Å². The summed E-state index contributed by atoms with van der Waals surface area (Å²) in [7, 11) is 0. The highest BCUT2D eigenvalue weighted by atomic mass is 19.1. The minimum absolute atomic E-state index is 0.449. The second kappa shape index (κ2) is 5.53. The molecule has 104 valence electrons. The molecule has 0 bridgehead atoms. The molecule has 0 aromatic heterocycles. The molecule has 5 heteroatoms. The summed E-state index contributed by atoms with van der Waals surface area (Å²) in [5.74, 6) is -0.967. The Labute approximate surface area is 111 Å². The molecule has 0 radical (unpaired) electrons. The first-order valence-corrected chi connectivity index (χ1v) is 6.70. The van der Waals surface area contributed by atoms with E-state index < -0.39 is 11.6 Å². The lowest BCUT2D eigenvalue weighted by Crippen LogP contribution is -2.60. The molecular formula is C14H18F2N2O. The van der Waals surface area contributed by atoms with Crippen LogP contribution in [0.15, 0.2) is 18.2 Å². The van der Waals surface area contributed by atoms with E-state index in [1.807, 2.05) is 0 Å². The summed E-state index contributed by atoms with van der Waals surface area (Å²) in [5.41, 5.74) is 0.571. The molecule has 3 rings (SSSR count). The highest BCUT2D eigenvalue weighted by Gasteiger charge is 2.32. The van der Waals surface area contributed by atoms with Crippen LogP contribution in [-0.4, -0.2) is 55.2 Å². The van der Waals surface area contributed by atoms with Gasteiger partial charge >= 0.3 is 0 Å². The molecule has 0 atom stereocenters. The standard InChI is InChI=1S/C14H18F2N2O/c15-12-2-1-11(14(16)7-12)8-17-9-13(10-17)18-3-5-19-6-4-18/h1-2,7,13H,3-6,8-10H2. The molecule has 0 unspecified atom stereocenters. The number of hydrogen-bond donors (Lipinski definition) is 0. The third kappa shape index (κ3) is 2.94. The van der Waals surface area contributed by atoms with Gasteiger partial charge in [0.05, 0.1) is 13.2 Å². The molecule has 3 nitrogen and oxygen atoms in total. The van der Waals surface area contributed by atoms with Crippen LogP contribution in [0.2, 0.25) is 0 Å². The van der Waals surface area contributed by atoms with E-state index in [0.29, 0.717) is 18.2 Å². The van der Waals surface area contributed by atoms with Crippen molar-refractivity contribution >= 4 is 0 Å². The SMILES string of the molecule is Fc1ccc(CN2CC(N3CCOCC3)C2)c(F)c1. The van der Waals surface area contributed by atoms with Gasteiger partial charge in [-0.05, 0) is 6.07 Å². The summed E-state index contributed by atoms with van der Waals surface area (Å²) in [4.78, 5) is 4.62. The number of rotatable bonds is 3. The summed E-state index contributed by atoms with van der Waals surface area (Å²) in [6, 6.07) is 4.37. The number of likely N-dealkylation sites (tertiary alicyclic amines) is 1. The third-order valence-corrected chi connectivity index (χ3v) is 3.91. The lowest BCUT2D eigenvalue weighted by atomic mass is 10.0. The van der Waals surface area contributed by atoms with Gasteiger partial charge in [0.1, 0.15) is 11.6 Å². The van der Waals surface area contributed by atoms with Crippen LogP contribution in [0.4, 0.5) is 8.78 Å². The smallest absolute Gasteiger partial charge is 0.130 e. The Hall–Kier alpha value is -1.04. The quantitative estimate of drug-likeness (QED) is 0.826. The summed E-state index contributed by atoms with van der Waals surface area (Å²) >= 11 is 0. The largest absolute Gasteiger partial charge is 0.379 e. The molecule has 2 saturated heterocycles. The van der Waals surface area contributed by atoms with Crippen LogP contribution in [-0.2, 0) is 11.3 Å². The highest BCUT2D eigenvalue weighted by molar-refractivity contribution is 5.19. The predicted octanol–water partition coefficient (Wildman–Crippen LogP) is 1.48. The van der Waals surface area contributed by atoms with E-state index in [0.717, 1.165) is 45.5 Å². The van der Waals surface area contributed by atoms with Crippen LogP contribution in [0.25, 0.3) is 0 Å². The van der Waals surface area contributed by atoms with Crippen molar-refractivity contribution in [2.24, 2.45) is 0 Å². The maximum atomic E-state index is 13.5. The van der Waals surface area contributed by atoms with Crippen LogP contribution in [0.5, 0.6) is 0 Å². The van der Waals surface area contributed by atoms with Crippen molar-refractivity contribution < 1.29 is 13.5 Å². The van der Waals surface area contributed by atoms with Gasteiger partial charge in [-0.3, -0.25) is 9.80 Å². The van der Waals surface area contributed by atoms with Crippen molar-refractivity contribution in [2.75, 3.05) is 39.4 Å². The van der Waals surface area contributed by atoms with Gasteiger partial charge in [0, 0.05) is 50.4 Å². The molecule has 1 aromatic carbocycles. The minimum Gasteiger partial charge on any atom is -0.379 e. The van der Waals surface area contributed by atoms with E-state index in [1.165, 1.54) is 12.1 Å². The maximum absolute atomic E-state index is 13.5. The third-order valence-electron chi connectivity index (χ3n) is 3.91. The summed E-state index contributed by atoms with van der Waals surface area (Å²) < 4.78 is 31.7. The van der Waals surface area contributed by atoms with Crippen molar-refractivity contribution in [2.45, 2.75) is 12.6 Å². The number of ether oxygens (including phenoxy) is 1. The van der Waals surface area contributed by atoms with E-state index in [4.69, 9.17) is 4.74 Å². The molecule has 19 heavy (non-hydrogen) atoms. The molecule has 1 aromatic rings. The number of benzene rings is 1. The van der Waals surface area contributed by atoms with Crippen molar-refractivity contribution in [3.8, 4) is 0 Å². The first-order valence-electron chi connectivity index (χ1n) is 6.70. The zero-order valence-electron chi connectivity index (χ0n) is 10.8. The number of morpholine rings is 1. The molecule has 0 saturated carbocycles. The average molecular weight is 268 g/mol. The second-order valence-corrected chi connectivity index (χ2v) is 5.23. The van der Waals surface area contributed by atoms with Crippen LogP contribution < -0.4 is 0 Å². The normalized spacial score (nSPS) is 22.4. The van der Waals surface area contributed by atoms with Gasteiger partial charge in [0.15, 0.2) is 0 Å². The Morgan fingerprint density at radius 3 is 2.58 bits per heavy atom. The van der Waals surface area contributed by atoms with Crippen LogP contribution in [0.1, 0.15) is 5.56 Å². The molecule has 0 aliphatic carbocycles. The van der Waals surface area contributed by atoms with Gasteiger partial charge in [0.25, 0.3) is 0 Å². The maximum Gasteiger partial charge on any atom is 0.130 e.